The van der Waals surface area contributed by atoms with Crippen LogP contribution in [0.3, 0.4) is 0 Å². The molecule has 0 aliphatic carbocycles. The monoisotopic (exact) mass is 210 g/mol. The van der Waals surface area contributed by atoms with Gasteiger partial charge < -0.3 is 15.4 Å². The summed E-state index contributed by atoms with van der Waals surface area (Å²) in [6.45, 7) is 0.575. The Morgan fingerprint density at radius 1 is 1.60 bits per heavy atom. The largest absolute Gasteiger partial charge is 0.465 e. The van der Waals surface area contributed by atoms with Gasteiger partial charge in [-0.05, 0) is 14.1 Å². The molecule has 0 fully saturated rings. The number of carbonyl (C=O) groups is 1. The molecule has 0 aromatic carbocycles. The Kier molecular flexibility index (Phi) is 3.56. The molecule has 2 N–H and O–H groups in total. The van der Waals surface area contributed by atoms with Crippen molar-refractivity contribution in [2.75, 3.05) is 26.9 Å². The van der Waals surface area contributed by atoms with Gasteiger partial charge in [-0.25, -0.2) is 14.8 Å². The van der Waals surface area contributed by atoms with E-state index in [1.807, 2.05) is 19.0 Å². The summed E-state index contributed by atoms with van der Waals surface area (Å²) in [7, 11) is 5.08. The number of hydrogen-bond acceptors (Lipinski definition) is 6. The minimum Gasteiger partial charge on any atom is -0.465 e. The number of nitrogens with two attached hydrogens (primary N) is 1. The van der Waals surface area contributed by atoms with E-state index < -0.39 is 5.97 Å². The van der Waals surface area contributed by atoms with E-state index in [2.05, 4.69) is 14.7 Å². The van der Waals surface area contributed by atoms with Gasteiger partial charge in [0.25, 0.3) is 0 Å². The molecule has 0 amide bonds. The number of esters is 1. The SMILES string of the molecule is COC(=O)c1cnc(CN(C)C)nc1N. The predicted molar refractivity (Wildman–Crippen MR) is 55.2 cm³/mol. The number of nitrogen functional groups attached to an aromatic ring is 1. The zero-order chi connectivity index (χ0) is 11.4. The first-order valence-electron chi connectivity index (χ1n) is 4.39. The van der Waals surface area contributed by atoms with Crippen molar-refractivity contribution in [1.29, 1.82) is 0 Å². The highest BCUT2D eigenvalue weighted by Gasteiger charge is 2.12. The molecule has 0 spiro atoms. The van der Waals surface area contributed by atoms with Crippen LogP contribution in [0, 0.1) is 0 Å². The summed E-state index contributed by atoms with van der Waals surface area (Å²) in [6.07, 6.45) is 1.38. The second-order valence-corrected chi connectivity index (χ2v) is 3.31. The van der Waals surface area contributed by atoms with E-state index in [-0.39, 0.29) is 11.4 Å². The van der Waals surface area contributed by atoms with Gasteiger partial charge in [-0.15, -0.1) is 0 Å². The number of methoxy groups -OCH3 is 1. The lowest BCUT2D eigenvalue weighted by Gasteiger charge is -2.09. The van der Waals surface area contributed by atoms with Crippen LogP contribution in [0.1, 0.15) is 16.2 Å². The topological polar surface area (TPSA) is 81.3 Å². The van der Waals surface area contributed by atoms with E-state index in [1.165, 1.54) is 13.3 Å². The Labute approximate surface area is 88.1 Å². The highest BCUT2D eigenvalue weighted by molar-refractivity contribution is 5.93. The van der Waals surface area contributed by atoms with E-state index in [9.17, 15) is 4.79 Å². The van der Waals surface area contributed by atoms with Gasteiger partial charge in [-0.3, -0.25) is 0 Å². The Bertz CT molecular complexity index is 365. The Morgan fingerprint density at radius 2 is 2.27 bits per heavy atom. The average molecular weight is 210 g/mol. The first-order chi connectivity index (χ1) is 7.04. The summed E-state index contributed by atoms with van der Waals surface area (Å²) in [4.78, 5) is 21.1. The maximum atomic E-state index is 11.2. The molecule has 1 rings (SSSR count). The molecule has 0 saturated carbocycles. The van der Waals surface area contributed by atoms with E-state index in [4.69, 9.17) is 5.73 Å². The summed E-state index contributed by atoms with van der Waals surface area (Å²) in [5.74, 6) is 0.197. The van der Waals surface area contributed by atoms with Crippen LogP contribution < -0.4 is 5.73 Å². The van der Waals surface area contributed by atoms with Crippen molar-refractivity contribution in [1.82, 2.24) is 14.9 Å². The Balaban J connectivity index is 2.93. The maximum Gasteiger partial charge on any atom is 0.343 e. The molecule has 0 aliphatic heterocycles. The van der Waals surface area contributed by atoms with Gasteiger partial charge in [-0.1, -0.05) is 0 Å². The third-order valence-electron chi connectivity index (χ3n) is 1.73. The number of aromatic nitrogens is 2. The molecule has 6 nitrogen and oxygen atoms in total. The minimum atomic E-state index is -0.524. The highest BCUT2D eigenvalue weighted by atomic mass is 16.5. The normalized spacial score (nSPS) is 10.4. The summed E-state index contributed by atoms with van der Waals surface area (Å²) < 4.78 is 4.53. The average Bonchev–Trinajstić information content (AvgIpc) is 2.16. The molecule has 82 valence electrons. The lowest BCUT2D eigenvalue weighted by molar-refractivity contribution is 0.0601. The molecule has 0 saturated heterocycles. The van der Waals surface area contributed by atoms with Gasteiger partial charge in [-0.2, -0.15) is 0 Å². The minimum absolute atomic E-state index is 0.147. The van der Waals surface area contributed by atoms with Gasteiger partial charge in [0.05, 0.1) is 13.7 Å². The number of ether oxygens (including phenoxy) is 1. The number of anilines is 1. The molecule has 1 aromatic heterocycles. The smallest absolute Gasteiger partial charge is 0.343 e. The summed E-state index contributed by atoms with van der Waals surface area (Å²) in [6, 6.07) is 0. The predicted octanol–water partition coefficient (Wildman–Crippen LogP) is -0.0930. The molecule has 0 aliphatic rings. The van der Waals surface area contributed by atoms with Crippen LogP contribution in [0.2, 0.25) is 0 Å². The first kappa shape index (κ1) is 11.4. The van der Waals surface area contributed by atoms with Gasteiger partial charge in [0.1, 0.15) is 17.2 Å². The van der Waals surface area contributed by atoms with Gasteiger partial charge in [0, 0.05) is 6.20 Å². The van der Waals surface area contributed by atoms with Crippen LogP contribution in [0.25, 0.3) is 0 Å². The van der Waals surface area contributed by atoms with Gasteiger partial charge in [0.2, 0.25) is 0 Å². The molecule has 1 aromatic rings. The van der Waals surface area contributed by atoms with Gasteiger partial charge >= 0.3 is 5.97 Å². The third-order valence-corrected chi connectivity index (χ3v) is 1.73. The molecular weight excluding hydrogens is 196 g/mol. The van der Waals surface area contributed by atoms with Crippen LogP contribution in [0.5, 0.6) is 0 Å². The Hall–Kier alpha value is -1.69. The van der Waals surface area contributed by atoms with E-state index in [1.54, 1.807) is 0 Å². The fraction of sp³-hybridized carbons (Fsp3) is 0.444. The van der Waals surface area contributed by atoms with Crippen LogP contribution in [-0.2, 0) is 11.3 Å². The lowest BCUT2D eigenvalue weighted by Crippen LogP contribution is -2.16. The maximum absolute atomic E-state index is 11.2. The van der Waals surface area contributed by atoms with Crippen molar-refractivity contribution in [2.24, 2.45) is 0 Å². The Morgan fingerprint density at radius 3 is 2.73 bits per heavy atom. The van der Waals surface area contributed by atoms with Crippen LogP contribution in [0.15, 0.2) is 6.20 Å². The van der Waals surface area contributed by atoms with Crippen molar-refractivity contribution < 1.29 is 9.53 Å². The highest BCUT2D eigenvalue weighted by Crippen LogP contribution is 2.09. The standard InChI is InChI=1S/C9H14N4O2/c1-13(2)5-7-11-4-6(8(10)12-7)9(14)15-3/h4H,5H2,1-3H3,(H2,10,11,12). The van der Waals surface area contributed by atoms with Gasteiger partial charge in [0.15, 0.2) is 0 Å². The molecule has 15 heavy (non-hydrogen) atoms. The van der Waals surface area contributed by atoms with Crippen molar-refractivity contribution in [3.63, 3.8) is 0 Å². The zero-order valence-corrected chi connectivity index (χ0v) is 9.02. The summed E-state index contributed by atoms with van der Waals surface area (Å²) in [5.41, 5.74) is 5.80. The van der Waals surface area contributed by atoms with Crippen molar-refractivity contribution in [3.8, 4) is 0 Å². The van der Waals surface area contributed by atoms with Crippen LogP contribution in [0.4, 0.5) is 5.82 Å². The number of rotatable bonds is 3. The molecule has 0 unspecified atom stereocenters. The summed E-state index contributed by atoms with van der Waals surface area (Å²) in [5, 5.41) is 0. The molecule has 0 radical (unpaired) electrons. The lowest BCUT2D eigenvalue weighted by atomic mass is 10.3. The number of nitrogens with zero attached hydrogens (tertiary/aromatic N) is 3. The molecule has 0 atom stereocenters. The van der Waals surface area contributed by atoms with E-state index in [0.717, 1.165) is 0 Å². The van der Waals surface area contributed by atoms with Crippen molar-refractivity contribution in [2.45, 2.75) is 6.54 Å². The summed E-state index contributed by atoms with van der Waals surface area (Å²) >= 11 is 0. The van der Waals surface area contributed by atoms with Crippen molar-refractivity contribution in [3.05, 3.63) is 17.6 Å². The third kappa shape index (κ3) is 2.88. The van der Waals surface area contributed by atoms with Crippen molar-refractivity contribution >= 4 is 11.8 Å². The fourth-order valence-electron chi connectivity index (χ4n) is 1.06. The molecular formula is C9H14N4O2. The van der Waals surface area contributed by atoms with Crippen LogP contribution in [-0.4, -0.2) is 42.0 Å². The number of hydrogen-bond donors (Lipinski definition) is 1. The fourth-order valence-corrected chi connectivity index (χ4v) is 1.06. The van der Waals surface area contributed by atoms with E-state index in [0.29, 0.717) is 12.4 Å². The second-order valence-electron chi connectivity index (χ2n) is 3.31. The number of carbonyl (C=O) groups excluding carboxylic acids is 1. The first-order valence-corrected chi connectivity index (χ1v) is 4.39. The van der Waals surface area contributed by atoms with Crippen LogP contribution >= 0.6 is 0 Å². The molecule has 1 heterocycles. The molecule has 0 bridgehead atoms. The van der Waals surface area contributed by atoms with E-state index >= 15 is 0 Å². The molecule has 6 heteroatoms. The zero-order valence-electron chi connectivity index (χ0n) is 9.02. The second kappa shape index (κ2) is 4.70. The quantitative estimate of drug-likeness (QED) is 0.702.